The van der Waals surface area contributed by atoms with E-state index in [0.29, 0.717) is 12.1 Å². The van der Waals surface area contributed by atoms with Gasteiger partial charge in [0.2, 0.25) is 0 Å². The van der Waals surface area contributed by atoms with Gasteiger partial charge in [-0.2, -0.15) is 26.3 Å². The number of halogens is 7. The molecule has 0 saturated carbocycles. The molecule has 0 fully saturated rings. The number of aromatic hydroxyl groups is 1. The molecule has 128 valence electrons. The van der Waals surface area contributed by atoms with Crippen LogP contribution >= 0.6 is 11.6 Å². The Morgan fingerprint density at radius 1 is 0.875 bits per heavy atom. The predicted octanol–water partition coefficient (Wildman–Crippen LogP) is 5.83. The number of alkyl halides is 6. The first kappa shape index (κ1) is 18.1. The first-order valence-electron chi connectivity index (χ1n) is 6.29. The van der Waals surface area contributed by atoms with E-state index in [1.807, 2.05) is 0 Å². The largest absolute Gasteiger partial charge is 0.507 e. The van der Waals surface area contributed by atoms with E-state index in [0.717, 1.165) is 6.21 Å². The second-order valence-electron chi connectivity index (χ2n) is 4.73. The molecule has 0 aliphatic carbocycles. The van der Waals surface area contributed by atoms with Crippen LogP contribution in [0.2, 0.25) is 5.02 Å². The van der Waals surface area contributed by atoms with Gasteiger partial charge in [-0.15, -0.1) is 0 Å². The lowest BCUT2D eigenvalue weighted by atomic mass is 10.1. The van der Waals surface area contributed by atoms with Crippen LogP contribution in [0.5, 0.6) is 5.75 Å². The highest BCUT2D eigenvalue weighted by molar-refractivity contribution is 6.30. The van der Waals surface area contributed by atoms with Crippen molar-refractivity contribution in [2.75, 3.05) is 0 Å². The summed E-state index contributed by atoms with van der Waals surface area (Å²) in [6.07, 6.45) is -8.98. The number of aliphatic imine (C=N–C) groups is 1. The van der Waals surface area contributed by atoms with Gasteiger partial charge in [-0.1, -0.05) is 11.6 Å². The van der Waals surface area contributed by atoms with Gasteiger partial charge in [-0.3, -0.25) is 4.99 Å². The van der Waals surface area contributed by atoms with E-state index in [9.17, 15) is 31.4 Å². The third kappa shape index (κ3) is 4.41. The van der Waals surface area contributed by atoms with Gasteiger partial charge in [0.15, 0.2) is 0 Å². The smallest absolute Gasteiger partial charge is 0.416 e. The average Bonchev–Trinajstić information content (AvgIpc) is 2.46. The lowest BCUT2D eigenvalue weighted by Gasteiger charge is -2.12. The summed E-state index contributed by atoms with van der Waals surface area (Å²) in [5, 5.41) is 9.79. The summed E-state index contributed by atoms with van der Waals surface area (Å²) in [4.78, 5) is 3.58. The van der Waals surface area contributed by atoms with Gasteiger partial charge in [-0.25, -0.2) is 0 Å². The zero-order chi connectivity index (χ0) is 18.1. The van der Waals surface area contributed by atoms with Gasteiger partial charge in [0.1, 0.15) is 5.75 Å². The van der Waals surface area contributed by atoms with Gasteiger partial charge in [0.25, 0.3) is 0 Å². The standard InChI is InChI=1S/C15H8ClF6NO/c16-11-1-2-13(24)8(3-11)7-23-12-5-9(14(17,18)19)4-10(6-12)15(20,21)22/h1-7,24H/b23-7+. The van der Waals surface area contributed by atoms with Gasteiger partial charge in [0, 0.05) is 16.8 Å². The second kappa shape index (κ2) is 6.35. The van der Waals surface area contributed by atoms with Crippen LogP contribution in [-0.4, -0.2) is 11.3 Å². The maximum absolute atomic E-state index is 12.7. The fourth-order valence-corrected chi connectivity index (χ4v) is 1.97. The zero-order valence-corrected chi connectivity index (χ0v) is 12.3. The molecule has 24 heavy (non-hydrogen) atoms. The molecule has 0 aliphatic rings. The van der Waals surface area contributed by atoms with Crippen molar-refractivity contribution in [2.24, 2.45) is 4.99 Å². The molecule has 0 heterocycles. The summed E-state index contributed by atoms with van der Waals surface area (Å²) in [7, 11) is 0. The van der Waals surface area contributed by atoms with E-state index >= 15 is 0 Å². The Morgan fingerprint density at radius 2 is 1.42 bits per heavy atom. The van der Waals surface area contributed by atoms with Crippen LogP contribution in [0.15, 0.2) is 41.4 Å². The molecule has 9 heteroatoms. The second-order valence-corrected chi connectivity index (χ2v) is 5.16. The van der Waals surface area contributed by atoms with E-state index in [1.54, 1.807) is 0 Å². The van der Waals surface area contributed by atoms with Gasteiger partial charge >= 0.3 is 12.4 Å². The van der Waals surface area contributed by atoms with E-state index in [1.165, 1.54) is 18.2 Å². The van der Waals surface area contributed by atoms with Gasteiger partial charge in [-0.05, 0) is 36.4 Å². The van der Waals surface area contributed by atoms with Crippen molar-refractivity contribution in [1.82, 2.24) is 0 Å². The first-order chi connectivity index (χ1) is 11.0. The van der Waals surface area contributed by atoms with Crippen LogP contribution in [-0.2, 0) is 12.4 Å². The molecule has 0 spiro atoms. The van der Waals surface area contributed by atoms with E-state index in [2.05, 4.69) is 4.99 Å². The Kier molecular flexibility index (Phi) is 4.80. The highest BCUT2D eigenvalue weighted by atomic mass is 35.5. The zero-order valence-electron chi connectivity index (χ0n) is 11.6. The van der Waals surface area contributed by atoms with Crippen LogP contribution in [0, 0.1) is 0 Å². The topological polar surface area (TPSA) is 32.6 Å². The number of hydrogen-bond donors (Lipinski definition) is 1. The van der Waals surface area contributed by atoms with Crippen molar-refractivity contribution in [3.8, 4) is 5.75 Å². The molecule has 0 unspecified atom stereocenters. The molecule has 0 aromatic heterocycles. The summed E-state index contributed by atoms with van der Waals surface area (Å²) in [6.45, 7) is 0. The molecule has 0 amide bonds. The average molecular weight is 368 g/mol. The molecule has 0 atom stereocenters. The highest BCUT2D eigenvalue weighted by Gasteiger charge is 2.36. The lowest BCUT2D eigenvalue weighted by molar-refractivity contribution is -0.143. The summed E-state index contributed by atoms with van der Waals surface area (Å²) in [6, 6.07) is 4.81. The van der Waals surface area contributed by atoms with Crippen molar-refractivity contribution in [3.05, 3.63) is 58.1 Å². The van der Waals surface area contributed by atoms with E-state index in [4.69, 9.17) is 11.6 Å². The Bertz CT molecular complexity index is 750. The lowest BCUT2D eigenvalue weighted by Crippen LogP contribution is -2.10. The summed E-state index contributed by atoms with van der Waals surface area (Å²) >= 11 is 5.70. The Hall–Kier alpha value is -2.22. The third-order valence-corrected chi connectivity index (χ3v) is 3.15. The minimum atomic E-state index is -4.95. The minimum absolute atomic E-state index is 0.00980. The van der Waals surface area contributed by atoms with Crippen LogP contribution in [0.3, 0.4) is 0 Å². The van der Waals surface area contributed by atoms with Crippen molar-refractivity contribution in [2.45, 2.75) is 12.4 Å². The quantitative estimate of drug-likeness (QED) is 0.525. The maximum atomic E-state index is 12.7. The number of phenolic OH excluding ortho intramolecular Hbond substituents is 1. The molecule has 0 bridgehead atoms. The van der Waals surface area contributed by atoms with Crippen molar-refractivity contribution in [3.63, 3.8) is 0 Å². The van der Waals surface area contributed by atoms with Crippen molar-refractivity contribution in [1.29, 1.82) is 0 Å². The molecular formula is C15H8ClF6NO. The monoisotopic (exact) mass is 367 g/mol. The molecule has 0 saturated heterocycles. The molecule has 0 radical (unpaired) electrons. The Balaban J connectivity index is 2.49. The fraction of sp³-hybridized carbons (Fsp3) is 0.133. The number of nitrogens with zero attached hydrogens (tertiary/aromatic N) is 1. The molecule has 2 rings (SSSR count). The number of phenols is 1. The van der Waals surface area contributed by atoms with Crippen molar-refractivity contribution < 1.29 is 31.4 Å². The highest BCUT2D eigenvalue weighted by Crippen LogP contribution is 2.38. The Labute approximate surface area is 137 Å². The molecule has 1 N–H and O–H groups in total. The molecule has 2 aromatic carbocycles. The molecule has 2 aromatic rings. The van der Waals surface area contributed by atoms with Crippen molar-refractivity contribution >= 4 is 23.5 Å². The SMILES string of the molecule is Oc1ccc(Cl)cc1/C=N/c1cc(C(F)(F)F)cc(C(F)(F)F)c1. The summed E-state index contributed by atoms with van der Waals surface area (Å²) in [5.74, 6) is -0.272. The van der Waals surface area contributed by atoms with Gasteiger partial charge in [0.05, 0.1) is 16.8 Å². The van der Waals surface area contributed by atoms with Crippen LogP contribution in [0.1, 0.15) is 16.7 Å². The fourth-order valence-electron chi connectivity index (χ4n) is 1.79. The summed E-state index contributed by atoms with van der Waals surface area (Å²) < 4.78 is 76.4. The first-order valence-corrected chi connectivity index (χ1v) is 6.67. The molecular weight excluding hydrogens is 360 g/mol. The Morgan fingerprint density at radius 3 is 1.92 bits per heavy atom. The number of hydrogen-bond acceptors (Lipinski definition) is 2. The molecule has 0 aliphatic heterocycles. The maximum Gasteiger partial charge on any atom is 0.416 e. The number of benzene rings is 2. The predicted molar refractivity (Wildman–Crippen MR) is 76.8 cm³/mol. The minimum Gasteiger partial charge on any atom is -0.507 e. The number of rotatable bonds is 2. The van der Waals surface area contributed by atoms with Crippen LogP contribution < -0.4 is 0 Å². The van der Waals surface area contributed by atoms with E-state index in [-0.39, 0.29) is 22.4 Å². The molecule has 2 nitrogen and oxygen atoms in total. The van der Waals surface area contributed by atoms with Crippen LogP contribution in [0.4, 0.5) is 32.0 Å². The van der Waals surface area contributed by atoms with E-state index < -0.39 is 29.2 Å². The normalized spacial score (nSPS) is 12.8. The summed E-state index contributed by atoms with van der Waals surface area (Å²) in [5.41, 5.74) is -3.45. The van der Waals surface area contributed by atoms with Crippen LogP contribution in [0.25, 0.3) is 0 Å². The van der Waals surface area contributed by atoms with Gasteiger partial charge < -0.3 is 5.11 Å². The third-order valence-electron chi connectivity index (χ3n) is 2.91.